The van der Waals surface area contributed by atoms with Gasteiger partial charge in [-0.1, -0.05) is 97.1 Å². The van der Waals surface area contributed by atoms with E-state index in [1.54, 1.807) is 7.05 Å². The van der Waals surface area contributed by atoms with Crippen LogP contribution in [0.2, 0.25) is 0 Å². The van der Waals surface area contributed by atoms with Gasteiger partial charge in [-0.3, -0.25) is 4.99 Å². The molecule has 10 heteroatoms. The first-order chi connectivity index (χ1) is 21.3. The first kappa shape index (κ1) is 26.5. The summed E-state index contributed by atoms with van der Waals surface area (Å²) in [7, 11) is 1.74. The average molecular weight is 596 g/mol. The monoisotopic (exact) mass is 595 g/mol. The fraction of sp³-hybridized carbons (Fsp3) is 0.0303. The summed E-state index contributed by atoms with van der Waals surface area (Å²) in [4.78, 5) is 33.3. The molecular formula is C33H20N8OV. The van der Waals surface area contributed by atoms with E-state index in [4.69, 9.17) is 28.6 Å². The molecule has 0 N–H and O–H groups in total. The third-order valence-electron chi connectivity index (χ3n) is 7.24. The summed E-state index contributed by atoms with van der Waals surface area (Å²) in [5, 5.41) is 6.47. The number of rotatable bonds is 2. The number of hydrogen-bond donors (Lipinski definition) is 0. The molecule has 3 aliphatic rings. The van der Waals surface area contributed by atoms with E-state index >= 15 is 0 Å². The second-order valence-corrected chi connectivity index (χ2v) is 9.64. The van der Waals surface area contributed by atoms with Crippen LogP contribution in [0, 0.1) is 0 Å². The van der Waals surface area contributed by atoms with Crippen molar-refractivity contribution in [2.45, 2.75) is 0 Å². The molecule has 0 bridgehead atoms. The van der Waals surface area contributed by atoms with Gasteiger partial charge in [-0.05, 0) is 28.9 Å². The quantitative estimate of drug-likeness (QED) is 0.240. The van der Waals surface area contributed by atoms with Crippen molar-refractivity contribution in [3.8, 4) is 0 Å². The Morgan fingerprint density at radius 3 is 1.86 bits per heavy atom. The number of hydrogen-bond acceptors (Lipinski definition) is 5. The first-order valence-electron chi connectivity index (χ1n) is 13.4. The van der Waals surface area contributed by atoms with Gasteiger partial charge in [0.15, 0.2) is 0 Å². The Bertz CT molecular complexity index is 2120. The molecule has 0 saturated carbocycles. The topological polar surface area (TPSA) is 119 Å². The minimum absolute atomic E-state index is 0.544. The summed E-state index contributed by atoms with van der Waals surface area (Å²) in [6.45, 7) is 0. The third kappa shape index (κ3) is 4.61. The van der Waals surface area contributed by atoms with Crippen molar-refractivity contribution in [1.82, 2.24) is 4.98 Å². The van der Waals surface area contributed by atoms with Crippen LogP contribution in [0.4, 0.5) is 11.6 Å². The van der Waals surface area contributed by atoms with Crippen molar-refractivity contribution in [3.05, 3.63) is 136 Å². The van der Waals surface area contributed by atoms with Crippen LogP contribution < -0.4 is 4.98 Å². The molecule has 4 aromatic carbocycles. The fourth-order valence-corrected chi connectivity index (χ4v) is 5.28. The molecule has 0 aliphatic carbocycles. The summed E-state index contributed by atoms with van der Waals surface area (Å²) in [6, 6.07) is 31.9. The van der Waals surface area contributed by atoms with Crippen LogP contribution in [0.15, 0.2) is 127 Å². The second kappa shape index (κ2) is 11.1. The molecule has 0 spiro atoms. The molecule has 5 aromatic rings. The number of benzene rings is 4. The molecule has 0 amide bonds. The van der Waals surface area contributed by atoms with Crippen molar-refractivity contribution in [3.63, 3.8) is 0 Å². The maximum absolute atomic E-state index is 8.19. The SMILES string of the molecule is CN=C1[N-]C(=NC2=N/C(=N\c3[n-]c(/N=C4\N=Cc5ccccc54)c4ccccc34)c3ccccc32)c2ccccc21.[O]=[V+2]. The molecule has 0 fully saturated rings. The van der Waals surface area contributed by atoms with Gasteiger partial charge in [0.1, 0.15) is 0 Å². The van der Waals surface area contributed by atoms with Gasteiger partial charge >= 0.3 is 21.0 Å². The molecule has 43 heavy (non-hydrogen) atoms. The Morgan fingerprint density at radius 1 is 0.605 bits per heavy atom. The number of aromatic nitrogens is 1. The van der Waals surface area contributed by atoms with Crippen molar-refractivity contribution < 1.29 is 21.0 Å². The van der Waals surface area contributed by atoms with Gasteiger partial charge in [0.2, 0.25) is 0 Å². The van der Waals surface area contributed by atoms with Crippen molar-refractivity contribution in [2.75, 3.05) is 7.05 Å². The van der Waals surface area contributed by atoms with E-state index in [0.717, 1.165) is 61.5 Å². The second-order valence-electron chi connectivity index (χ2n) is 9.64. The van der Waals surface area contributed by atoms with Gasteiger partial charge < -0.3 is 30.3 Å². The van der Waals surface area contributed by atoms with Crippen molar-refractivity contribution in [1.29, 1.82) is 0 Å². The molecule has 8 rings (SSSR count). The summed E-state index contributed by atoms with van der Waals surface area (Å²) >= 11 is 1.06. The van der Waals surface area contributed by atoms with E-state index in [0.29, 0.717) is 40.8 Å². The Hall–Kier alpha value is -5.38. The van der Waals surface area contributed by atoms with Gasteiger partial charge in [-0.15, -0.1) is 0 Å². The molecule has 0 unspecified atom stereocenters. The zero-order valence-electron chi connectivity index (χ0n) is 22.7. The summed E-state index contributed by atoms with van der Waals surface area (Å²) < 4.78 is 8.19. The van der Waals surface area contributed by atoms with Crippen LogP contribution in [0.5, 0.6) is 0 Å². The molecule has 1 aromatic heterocycles. The van der Waals surface area contributed by atoms with Crippen LogP contribution in [-0.2, 0) is 21.0 Å². The van der Waals surface area contributed by atoms with E-state index in [2.05, 4.69) is 15.3 Å². The number of aliphatic imine (C=N–C) groups is 6. The summed E-state index contributed by atoms with van der Waals surface area (Å²) in [5.74, 6) is 4.11. The summed E-state index contributed by atoms with van der Waals surface area (Å²) in [5.41, 5.74) is 5.70. The van der Waals surface area contributed by atoms with Gasteiger partial charge in [0, 0.05) is 51.8 Å². The van der Waals surface area contributed by atoms with Gasteiger partial charge in [0.05, 0.1) is 17.5 Å². The average Bonchev–Trinajstić information content (AvgIpc) is 3.82. The first-order valence-corrected chi connectivity index (χ1v) is 13.9. The van der Waals surface area contributed by atoms with E-state index in [1.165, 1.54) is 0 Å². The predicted octanol–water partition coefficient (Wildman–Crippen LogP) is 6.24. The minimum atomic E-state index is 0.544. The van der Waals surface area contributed by atoms with E-state index in [9.17, 15) is 0 Å². The van der Waals surface area contributed by atoms with Crippen molar-refractivity contribution in [2.24, 2.45) is 30.0 Å². The molecule has 9 nitrogen and oxygen atoms in total. The Morgan fingerprint density at radius 2 is 1.16 bits per heavy atom. The van der Waals surface area contributed by atoms with E-state index < -0.39 is 0 Å². The molecule has 0 saturated heterocycles. The van der Waals surface area contributed by atoms with Crippen LogP contribution in [0.25, 0.3) is 16.1 Å². The zero-order chi connectivity index (χ0) is 29.3. The molecular weight excluding hydrogens is 575 g/mol. The van der Waals surface area contributed by atoms with Crippen LogP contribution in [-0.4, -0.2) is 42.4 Å². The predicted molar refractivity (Wildman–Crippen MR) is 166 cm³/mol. The fourth-order valence-electron chi connectivity index (χ4n) is 5.28. The zero-order valence-corrected chi connectivity index (χ0v) is 24.1. The van der Waals surface area contributed by atoms with E-state index in [1.807, 2.05) is 103 Å². The molecule has 0 radical (unpaired) electrons. The third-order valence-corrected chi connectivity index (χ3v) is 7.24. The van der Waals surface area contributed by atoms with Gasteiger partial charge in [0.25, 0.3) is 0 Å². The molecule has 203 valence electrons. The Kier molecular flexibility index (Phi) is 6.86. The van der Waals surface area contributed by atoms with Crippen molar-refractivity contribution >= 4 is 57.8 Å². The van der Waals surface area contributed by atoms with Gasteiger partial charge in [-0.2, -0.15) is 0 Å². The molecule has 4 heterocycles. The number of nitrogens with zero attached hydrogens (tertiary/aromatic N) is 8. The molecule has 3 aliphatic heterocycles. The standard InChI is InChI=1S/C33H20N8.O.V/c1-34-27-21-12-4-5-13-22(21)29(36-27)38-31-25-16-8-9-17-26(25)33(40-31)41-32-24-15-7-6-14-23(24)30(39-32)37-28-20-11-3-2-10-19(20)18-35-28;;/h2-18H,1H3;;/q-2;;+2/b37-28-;;. The van der Waals surface area contributed by atoms with Crippen LogP contribution in [0.1, 0.15) is 33.4 Å². The molecule has 0 atom stereocenters. The van der Waals surface area contributed by atoms with Gasteiger partial charge in [-0.25, -0.2) is 4.99 Å². The normalized spacial score (nSPS) is 18.1. The summed E-state index contributed by atoms with van der Waals surface area (Å²) in [6.07, 6.45) is 1.83. The Labute approximate surface area is 255 Å². The number of amidine groups is 5. The van der Waals surface area contributed by atoms with Crippen LogP contribution >= 0.6 is 0 Å². The maximum atomic E-state index is 8.19. The number of fused-ring (bicyclic) bond motifs is 4. The van der Waals surface area contributed by atoms with E-state index in [-0.39, 0.29) is 0 Å². The Balaban J connectivity index is 0.00000147. The van der Waals surface area contributed by atoms with Crippen LogP contribution in [0.3, 0.4) is 0 Å².